The molecule has 3 aromatic carbocycles. The van der Waals surface area contributed by atoms with E-state index in [1.54, 1.807) is 35.2 Å². The maximum Gasteiger partial charge on any atom is 0.322 e. The van der Waals surface area contributed by atoms with E-state index in [0.717, 1.165) is 19.3 Å². The molecule has 198 valence electrons. The number of carbonyl (C=O) groups is 1. The van der Waals surface area contributed by atoms with Crippen molar-refractivity contribution in [2.45, 2.75) is 58.9 Å². The number of rotatable bonds is 9. The molecule has 1 aromatic heterocycles. The molecule has 1 heterocycles. The molecule has 0 aliphatic carbocycles. The monoisotopic (exact) mass is 514 g/mol. The van der Waals surface area contributed by atoms with E-state index in [9.17, 15) is 14.0 Å². The third-order valence-electron chi connectivity index (χ3n) is 6.82. The maximum atomic E-state index is 13.7. The zero-order chi connectivity index (χ0) is 27.2. The number of halogens is 1. The lowest BCUT2D eigenvalue weighted by molar-refractivity contribution is 0.187. The van der Waals surface area contributed by atoms with E-state index < -0.39 is 11.9 Å². The van der Waals surface area contributed by atoms with Crippen molar-refractivity contribution < 1.29 is 9.18 Å². The van der Waals surface area contributed by atoms with Gasteiger partial charge in [0, 0.05) is 12.2 Å². The number of nitrogens with one attached hydrogen (secondary N) is 1. The van der Waals surface area contributed by atoms with Gasteiger partial charge in [0.25, 0.3) is 5.56 Å². The van der Waals surface area contributed by atoms with Gasteiger partial charge in [-0.15, -0.1) is 0 Å². The smallest absolute Gasteiger partial charge is 0.315 e. The van der Waals surface area contributed by atoms with E-state index in [1.807, 2.05) is 37.3 Å². The van der Waals surface area contributed by atoms with Gasteiger partial charge in [-0.3, -0.25) is 9.36 Å². The van der Waals surface area contributed by atoms with Crippen LogP contribution < -0.4 is 10.9 Å². The number of unbranched alkanes of at least 4 members (excludes halogenated alkanes) is 2. The molecule has 2 amide bonds. The molecule has 0 saturated heterocycles. The Morgan fingerprint density at radius 1 is 0.974 bits per heavy atom. The molecule has 0 bridgehead atoms. The average Bonchev–Trinajstić information content (AvgIpc) is 2.91. The molecule has 0 spiro atoms. The number of nitrogens with zero attached hydrogens (tertiary/aromatic N) is 3. The van der Waals surface area contributed by atoms with Gasteiger partial charge in [0.05, 0.1) is 22.6 Å². The third kappa shape index (κ3) is 5.93. The summed E-state index contributed by atoms with van der Waals surface area (Å²) in [6.07, 6.45) is 2.79. The summed E-state index contributed by atoms with van der Waals surface area (Å²) in [5.74, 6) is 0.420. The number of para-hydroxylation sites is 1. The van der Waals surface area contributed by atoms with Gasteiger partial charge in [0.15, 0.2) is 0 Å². The highest BCUT2D eigenvalue weighted by atomic mass is 19.1. The van der Waals surface area contributed by atoms with Gasteiger partial charge in [-0.2, -0.15) is 0 Å². The summed E-state index contributed by atoms with van der Waals surface area (Å²) in [4.78, 5) is 33.9. The Balaban J connectivity index is 1.76. The van der Waals surface area contributed by atoms with Crippen LogP contribution in [0.5, 0.6) is 0 Å². The topological polar surface area (TPSA) is 67.2 Å². The number of hydrogen-bond donors (Lipinski definition) is 1. The van der Waals surface area contributed by atoms with E-state index in [-0.39, 0.29) is 11.6 Å². The highest BCUT2D eigenvalue weighted by molar-refractivity contribution is 5.89. The van der Waals surface area contributed by atoms with Crippen molar-refractivity contribution in [3.05, 3.63) is 100 Å². The molecule has 0 aliphatic rings. The number of hydrogen-bond acceptors (Lipinski definition) is 3. The quantitative estimate of drug-likeness (QED) is 0.236. The molecule has 1 N–H and O–H groups in total. The highest BCUT2D eigenvalue weighted by Crippen LogP contribution is 2.25. The summed E-state index contributed by atoms with van der Waals surface area (Å²) in [5.41, 5.74) is 2.68. The fourth-order valence-electron chi connectivity index (χ4n) is 4.56. The van der Waals surface area contributed by atoms with Crippen LogP contribution in [-0.2, 0) is 0 Å². The lowest BCUT2D eigenvalue weighted by Crippen LogP contribution is -2.40. The Labute approximate surface area is 223 Å². The summed E-state index contributed by atoms with van der Waals surface area (Å²) in [5, 5.41) is 3.48. The van der Waals surface area contributed by atoms with Gasteiger partial charge in [-0.05, 0) is 73.4 Å². The van der Waals surface area contributed by atoms with Crippen molar-refractivity contribution in [2.24, 2.45) is 0 Å². The second-order valence-electron chi connectivity index (χ2n) is 9.89. The molecular formula is C31H35FN4O2. The Kier molecular flexibility index (Phi) is 8.56. The Bertz CT molecular complexity index is 1450. The van der Waals surface area contributed by atoms with Gasteiger partial charge in [-0.1, -0.05) is 57.9 Å². The lowest BCUT2D eigenvalue weighted by Gasteiger charge is -2.31. The molecule has 6 nitrogen and oxygen atoms in total. The molecule has 1 unspecified atom stereocenters. The fourth-order valence-corrected chi connectivity index (χ4v) is 4.56. The Hall–Kier alpha value is -4.00. The summed E-state index contributed by atoms with van der Waals surface area (Å²) in [6.45, 7) is 8.74. The maximum absolute atomic E-state index is 13.7. The molecule has 1 atom stereocenters. The van der Waals surface area contributed by atoms with Crippen molar-refractivity contribution in [1.82, 2.24) is 14.5 Å². The number of fused-ring (bicyclic) bond motifs is 1. The van der Waals surface area contributed by atoms with Crippen LogP contribution in [0.3, 0.4) is 0 Å². The molecule has 0 fully saturated rings. The normalized spacial score (nSPS) is 12.1. The molecule has 0 radical (unpaired) electrons. The Morgan fingerprint density at radius 2 is 1.66 bits per heavy atom. The second-order valence-corrected chi connectivity index (χ2v) is 9.89. The molecule has 0 aliphatic heterocycles. The molecule has 7 heteroatoms. The average molecular weight is 515 g/mol. The van der Waals surface area contributed by atoms with E-state index in [1.165, 1.54) is 22.3 Å². The predicted octanol–water partition coefficient (Wildman–Crippen LogP) is 7.43. The SMILES string of the molecule is CCCCCN(C(=O)Nc1ccc(C(C)C)cc1)C(C)c1nc2ccccc2c(=O)n1-c1ccc(F)cc1. The zero-order valence-corrected chi connectivity index (χ0v) is 22.4. The van der Waals surface area contributed by atoms with Crippen LogP contribution in [-0.4, -0.2) is 27.0 Å². The minimum atomic E-state index is -0.538. The molecule has 4 aromatic rings. The van der Waals surface area contributed by atoms with Gasteiger partial charge in [0.2, 0.25) is 0 Å². The fraction of sp³-hybridized carbons (Fsp3) is 0.323. The zero-order valence-electron chi connectivity index (χ0n) is 22.4. The van der Waals surface area contributed by atoms with Crippen LogP contribution in [0.25, 0.3) is 16.6 Å². The Morgan fingerprint density at radius 3 is 2.32 bits per heavy atom. The van der Waals surface area contributed by atoms with Crippen LogP contribution >= 0.6 is 0 Å². The highest BCUT2D eigenvalue weighted by Gasteiger charge is 2.27. The van der Waals surface area contributed by atoms with Crippen molar-refractivity contribution >= 4 is 22.6 Å². The van der Waals surface area contributed by atoms with Gasteiger partial charge in [-0.25, -0.2) is 14.2 Å². The number of anilines is 1. The summed E-state index contributed by atoms with van der Waals surface area (Å²) >= 11 is 0. The predicted molar refractivity (Wildman–Crippen MR) is 151 cm³/mol. The first-order valence-corrected chi connectivity index (χ1v) is 13.2. The van der Waals surface area contributed by atoms with Crippen molar-refractivity contribution in [3.8, 4) is 5.69 Å². The van der Waals surface area contributed by atoms with E-state index >= 15 is 0 Å². The number of urea groups is 1. The summed E-state index contributed by atoms with van der Waals surface area (Å²) < 4.78 is 15.2. The molecule has 38 heavy (non-hydrogen) atoms. The third-order valence-corrected chi connectivity index (χ3v) is 6.82. The van der Waals surface area contributed by atoms with E-state index in [0.29, 0.717) is 40.6 Å². The minimum Gasteiger partial charge on any atom is -0.315 e. The van der Waals surface area contributed by atoms with Crippen LogP contribution in [0.4, 0.5) is 14.9 Å². The first kappa shape index (κ1) is 27.0. The number of amides is 2. The van der Waals surface area contributed by atoms with E-state index in [2.05, 4.69) is 26.1 Å². The number of benzene rings is 3. The van der Waals surface area contributed by atoms with Crippen LogP contribution in [0.1, 0.15) is 70.3 Å². The lowest BCUT2D eigenvalue weighted by atomic mass is 10.0. The summed E-state index contributed by atoms with van der Waals surface area (Å²) in [7, 11) is 0. The van der Waals surface area contributed by atoms with E-state index in [4.69, 9.17) is 4.98 Å². The van der Waals surface area contributed by atoms with Gasteiger partial charge < -0.3 is 10.2 Å². The first-order valence-electron chi connectivity index (χ1n) is 13.2. The number of aromatic nitrogens is 2. The molecular weight excluding hydrogens is 479 g/mol. The molecule has 0 saturated carbocycles. The number of carbonyl (C=O) groups excluding carboxylic acids is 1. The van der Waals surface area contributed by atoms with Gasteiger partial charge in [0.1, 0.15) is 11.6 Å². The first-order chi connectivity index (χ1) is 18.3. The second kappa shape index (κ2) is 12.0. The van der Waals surface area contributed by atoms with Crippen LogP contribution in [0.2, 0.25) is 0 Å². The summed E-state index contributed by atoms with van der Waals surface area (Å²) in [6, 6.07) is 19.9. The standard InChI is InChI=1S/C31H35FN4O2/c1-5-6-9-20-35(31(38)33-25-16-12-23(13-17-25)21(2)3)22(4)29-34-28-11-8-7-10-27(28)30(37)36(29)26-18-14-24(32)15-19-26/h7-8,10-19,21-22H,5-6,9,20H2,1-4H3,(H,33,38). The van der Waals surface area contributed by atoms with Gasteiger partial charge >= 0.3 is 6.03 Å². The van der Waals surface area contributed by atoms with Crippen molar-refractivity contribution in [2.75, 3.05) is 11.9 Å². The van der Waals surface area contributed by atoms with Crippen LogP contribution in [0.15, 0.2) is 77.6 Å². The largest absolute Gasteiger partial charge is 0.322 e. The van der Waals surface area contributed by atoms with Crippen molar-refractivity contribution in [1.29, 1.82) is 0 Å². The van der Waals surface area contributed by atoms with Crippen molar-refractivity contribution in [3.63, 3.8) is 0 Å². The minimum absolute atomic E-state index is 0.262. The molecule has 4 rings (SSSR count). The van der Waals surface area contributed by atoms with Crippen LogP contribution in [0, 0.1) is 5.82 Å².